The predicted octanol–water partition coefficient (Wildman–Crippen LogP) is 1.62. The van der Waals surface area contributed by atoms with Crippen molar-refractivity contribution in [3.8, 4) is 11.3 Å². The minimum absolute atomic E-state index is 0.196. The summed E-state index contributed by atoms with van der Waals surface area (Å²) in [5.41, 5.74) is 1.92. The van der Waals surface area contributed by atoms with Gasteiger partial charge in [-0.2, -0.15) is 0 Å². The number of nitrogens with zero attached hydrogens (tertiary/aromatic N) is 2. The van der Waals surface area contributed by atoms with E-state index in [9.17, 15) is 4.79 Å². The van der Waals surface area contributed by atoms with Crippen LogP contribution >= 0.6 is 0 Å². The fraction of sp³-hybridized carbons (Fsp3) is 0.0833. The van der Waals surface area contributed by atoms with Gasteiger partial charge in [0.2, 0.25) is 0 Å². The zero-order valence-electron chi connectivity index (χ0n) is 9.19. The molecule has 0 spiro atoms. The highest BCUT2D eigenvalue weighted by molar-refractivity contribution is 5.89. The van der Waals surface area contributed by atoms with Crippen LogP contribution in [0.4, 0.5) is 0 Å². The molecule has 5 nitrogen and oxygen atoms in total. The fourth-order valence-corrected chi connectivity index (χ4v) is 1.86. The Bertz CT molecular complexity index is 727. The van der Waals surface area contributed by atoms with Crippen LogP contribution in [0.3, 0.4) is 0 Å². The van der Waals surface area contributed by atoms with Crippen LogP contribution < -0.4 is 5.56 Å². The average Bonchev–Trinajstić information content (AvgIpc) is 2.71. The molecule has 0 saturated carbocycles. The Morgan fingerprint density at radius 3 is 2.59 bits per heavy atom. The van der Waals surface area contributed by atoms with E-state index in [4.69, 9.17) is 0 Å². The minimum atomic E-state index is -0.196. The number of aromatic amines is 2. The Labute approximate surface area is 96.5 Å². The maximum absolute atomic E-state index is 11.7. The summed E-state index contributed by atoms with van der Waals surface area (Å²) >= 11 is 0. The highest BCUT2D eigenvalue weighted by Gasteiger charge is 2.12. The van der Waals surface area contributed by atoms with Crippen LogP contribution in [-0.2, 0) is 0 Å². The third-order valence-electron chi connectivity index (χ3n) is 2.59. The van der Waals surface area contributed by atoms with Gasteiger partial charge < -0.3 is 0 Å². The van der Waals surface area contributed by atoms with E-state index in [2.05, 4.69) is 20.2 Å². The van der Waals surface area contributed by atoms with Crippen molar-refractivity contribution in [3.63, 3.8) is 0 Å². The lowest BCUT2D eigenvalue weighted by atomic mass is 10.1. The van der Waals surface area contributed by atoms with Gasteiger partial charge in [0, 0.05) is 5.56 Å². The molecule has 0 aliphatic heterocycles. The molecule has 5 heteroatoms. The molecule has 3 rings (SSSR count). The van der Waals surface area contributed by atoms with Gasteiger partial charge in [-0.1, -0.05) is 30.3 Å². The van der Waals surface area contributed by atoms with E-state index in [1.54, 1.807) is 6.92 Å². The summed E-state index contributed by atoms with van der Waals surface area (Å²) < 4.78 is 0. The zero-order valence-corrected chi connectivity index (χ0v) is 9.19. The maximum Gasteiger partial charge on any atom is 0.275 e. The van der Waals surface area contributed by atoms with Crippen LogP contribution in [0.1, 0.15) is 5.82 Å². The first-order valence-electron chi connectivity index (χ1n) is 5.26. The molecule has 3 aromatic rings. The number of rotatable bonds is 1. The Hall–Kier alpha value is -2.43. The number of H-pyrrole nitrogens is 2. The number of aryl methyl sites for hydroxylation is 1. The summed E-state index contributed by atoms with van der Waals surface area (Å²) in [6.07, 6.45) is 0. The molecule has 17 heavy (non-hydrogen) atoms. The molecule has 0 radical (unpaired) electrons. The Balaban J connectivity index is 2.43. The Kier molecular flexibility index (Phi) is 2.04. The van der Waals surface area contributed by atoms with E-state index >= 15 is 0 Å². The molecule has 2 aromatic heterocycles. The van der Waals surface area contributed by atoms with Crippen molar-refractivity contribution in [1.82, 2.24) is 20.2 Å². The number of aromatic nitrogens is 4. The molecule has 0 aliphatic rings. The van der Waals surface area contributed by atoms with Gasteiger partial charge in [-0.25, -0.2) is 9.97 Å². The average molecular weight is 226 g/mol. The summed E-state index contributed by atoms with van der Waals surface area (Å²) in [5.74, 6) is 0.631. The van der Waals surface area contributed by atoms with Gasteiger partial charge in [0.15, 0.2) is 5.65 Å². The van der Waals surface area contributed by atoms with Crippen molar-refractivity contribution in [3.05, 3.63) is 46.5 Å². The van der Waals surface area contributed by atoms with Gasteiger partial charge in [-0.3, -0.25) is 15.0 Å². The normalized spacial score (nSPS) is 10.9. The van der Waals surface area contributed by atoms with E-state index in [0.717, 1.165) is 5.56 Å². The van der Waals surface area contributed by atoms with Crippen molar-refractivity contribution < 1.29 is 0 Å². The second-order valence-electron chi connectivity index (χ2n) is 3.79. The SMILES string of the molecule is Cc1nc(-c2ccccc2)c2c(=O)[nH][nH]c2n1. The minimum Gasteiger partial charge on any atom is -0.281 e. The van der Waals surface area contributed by atoms with Crippen molar-refractivity contribution in [2.75, 3.05) is 0 Å². The topological polar surface area (TPSA) is 74.4 Å². The maximum atomic E-state index is 11.7. The molecular weight excluding hydrogens is 216 g/mol. The fourth-order valence-electron chi connectivity index (χ4n) is 1.86. The molecule has 0 saturated heterocycles. The van der Waals surface area contributed by atoms with Crippen molar-refractivity contribution >= 4 is 11.0 Å². The lowest BCUT2D eigenvalue weighted by molar-refractivity contribution is 1.04. The highest BCUT2D eigenvalue weighted by Crippen LogP contribution is 2.22. The number of benzene rings is 1. The number of fused-ring (bicyclic) bond motifs is 1. The summed E-state index contributed by atoms with van der Waals surface area (Å²) in [6, 6.07) is 9.61. The molecular formula is C12H10N4O. The quantitative estimate of drug-likeness (QED) is 0.662. The van der Waals surface area contributed by atoms with Crippen LogP contribution in [0.25, 0.3) is 22.3 Å². The van der Waals surface area contributed by atoms with Gasteiger partial charge >= 0.3 is 0 Å². The number of hydrogen-bond acceptors (Lipinski definition) is 3. The first-order chi connectivity index (χ1) is 8.25. The molecule has 2 heterocycles. The second kappa shape index (κ2) is 3.55. The first-order valence-corrected chi connectivity index (χ1v) is 5.26. The lowest BCUT2D eigenvalue weighted by Gasteiger charge is -2.02. The van der Waals surface area contributed by atoms with E-state index in [1.807, 2.05) is 30.3 Å². The van der Waals surface area contributed by atoms with Crippen molar-refractivity contribution in [2.24, 2.45) is 0 Å². The molecule has 0 unspecified atom stereocenters. The van der Waals surface area contributed by atoms with E-state index in [1.165, 1.54) is 0 Å². The second-order valence-corrected chi connectivity index (χ2v) is 3.79. The monoisotopic (exact) mass is 226 g/mol. The molecule has 2 N–H and O–H groups in total. The lowest BCUT2D eigenvalue weighted by Crippen LogP contribution is -2.02. The first kappa shape index (κ1) is 9.77. The summed E-state index contributed by atoms with van der Waals surface area (Å²) in [5, 5.41) is 5.78. The van der Waals surface area contributed by atoms with Gasteiger partial charge in [0.05, 0.1) is 5.69 Å². The predicted molar refractivity (Wildman–Crippen MR) is 64.7 cm³/mol. The van der Waals surface area contributed by atoms with E-state index < -0.39 is 0 Å². The summed E-state index contributed by atoms with van der Waals surface area (Å²) in [6.45, 7) is 1.80. The molecule has 0 bridgehead atoms. The molecule has 0 fully saturated rings. The molecule has 1 aromatic carbocycles. The van der Waals surface area contributed by atoms with E-state index in [0.29, 0.717) is 22.6 Å². The molecule has 0 aliphatic carbocycles. The number of hydrogen-bond donors (Lipinski definition) is 2. The van der Waals surface area contributed by atoms with Gasteiger partial charge in [0.25, 0.3) is 5.56 Å². The third-order valence-corrected chi connectivity index (χ3v) is 2.59. The van der Waals surface area contributed by atoms with Crippen molar-refractivity contribution in [2.45, 2.75) is 6.92 Å². The van der Waals surface area contributed by atoms with Crippen LogP contribution in [0.2, 0.25) is 0 Å². The van der Waals surface area contributed by atoms with Gasteiger partial charge in [-0.05, 0) is 6.92 Å². The third kappa shape index (κ3) is 1.52. The van der Waals surface area contributed by atoms with Crippen molar-refractivity contribution in [1.29, 1.82) is 0 Å². The van der Waals surface area contributed by atoms with Crippen LogP contribution in [0.5, 0.6) is 0 Å². The molecule has 84 valence electrons. The van der Waals surface area contributed by atoms with Crippen LogP contribution in [-0.4, -0.2) is 20.2 Å². The molecule has 0 atom stereocenters. The van der Waals surface area contributed by atoms with E-state index in [-0.39, 0.29) is 5.56 Å². The summed E-state index contributed by atoms with van der Waals surface area (Å²) in [7, 11) is 0. The zero-order chi connectivity index (χ0) is 11.8. The highest BCUT2D eigenvalue weighted by atomic mass is 16.1. The van der Waals surface area contributed by atoms with Crippen LogP contribution in [0, 0.1) is 6.92 Å². The van der Waals surface area contributed by atoms with Gasteiger partial charge in [-0.15, -0.1) is 0 Å². The summed E-state index contributed by atoms with van der Waals surface area (Å²) in [4.78, 5) is 20.3. The number of nitrogens with one attached hydrogen (secondary N) is 2. The standard InChI is InChI=1S/C12H10N4O/c1-7-13-10(8-5-3-2-4-6-8)9-11(14-7)15-16-12(9)17/h2-6H,1H3,(H2,13,14,15,16,17). The van der Waals surface area contributed by atoms with Gasteiger partial charge in [0.1, 0.15) is 11.2 Å². The Morgan fingerprint density at radius 2 is 1.82 bits per heavy atom. The largest absolute Gasteiger partial charge is 0.281 e. The Morgan fingerprint density at radius 1 is 1.06 bits per heavy atom. The van der Waals surface area contributed by atoms with Crippen LogP contribution in [0.15, 0.2) is 35.1 Å². The smallest absolute Gasteiger partial charge is 0.275 e. The molecule has 0 amide bonds.